The standard InChI is InChI=1S/C13H18S/c1-10(2)14-12-8-6-7-11(9-12)13(3,4)5/h6-9H,1H2,2-5H3. The molecular formula is C13H18S. The minimum atomic E-state index is 0.228. The van der Waals surface area contributed by atoms with Gasteiger partial charge in [-0.2, -0.15) is 0 Å². The number of benzene rings is 1. The van der Waals surface area contributed by atoms with Crippen LogP contribution in [0.25, 0.3) is 0 Å². The topological polar surface area (TPSA) is 0 Å². The zero-order chi connectivity index (χ0) is 10.8. The van der Waals surface area contributed by atoms with Crippen LogP contribution in [-0.2, 0) is 5.41 Å². The van der Waals surface area contributed by atoms with Gasteiger partial charge in [0.25, 0.3) is 0 Å². The summed E-state index contributed by atoms with van der Waals surface area (Å²) >= 11 is 1.73. The zero-order valence-corrected chi connectivity index (χ0v) is 10.2. The SMILES string of the molecule is C=C(C)Sc1cccc(C(C)(C)C)c1. The maximum absolute atomic E-state index is 3.91. The highest BCUT2D eigenvalue weighted by molar-refractivity contribution is 8.03. The molecule has 0 N–H and O–H groups in total. The Balaban J connectivity index is 2.95. The first-order valence-corrected chi connectivity index (χ1v) is 5.65. The second-order valence-electron chi connectivity index (χ2n) is 4.58. The molecule has 0 aliphatic rings. The smallest absolute Gasteiger partial charge is 0.0121 e. The van der Waals surface area contributed by atoms with Crippen LogP contribution >= 0.6 is 11.8 Å². The van der Waals surface area contributed by atoms with Crippen LogP contribution in [0.1, 0.15) is 33.3 Å². The minimum absolute atomic E-state index is 0.228. The maximum atomic E-state index is 3.91. The van der Waals surface area contributed by atoms with Crippen molar-refractivity contribution in [3.05, 3.63) is 41.3 Å². The summed E-state index contributed by atoms with van der Waals surface area (Å²) in [7, 11) is 0. The number of allylic oxidation sites excluding steroid dienone is 1. The monoisotopic (exact) mass is 206 g/mol. The molecule has 0 heterocycles. The minimum Gasteiger partial charge on any atom is -0.0955 e. The van der Waals surface area contributed by atoms with Gasteiger partial charge in [0.15, 0.2) is 0 Å². The normalized spacial score (nSPS) is 11.4. The number of hydrogen-bond acceptors (Lipinski definition) is 1. The van der Waals surface area contributed by atoms with Crippen molar-refractivity contribution < 1.29 is 0 Å². The zero-order valence-electron chi connectivity index (χ0n) is 9.42. The third-order valence-electron chi connectivity index (χ3n) is 1.99. The van der Waals surface area contributed by atoms with Gasteiger partial charge in [0, 0.05) is 4.90 Å². The number of hydrogen-bond donors (Lipinski definition) is 0. The van der Waals surface area contributed by atoms with Gasteiger partial charge in [0.1, 0.15) is 0 Å². The van der Waals surface area contributed by atoms with Crippen molar-refractivity contribution in [2.24, 2.45) is 0 Å². The molecule has 0 saturated carbocycles. The summed E-state index contributed by atoms with van der Waals surface area (Å²) in [6, 6.07) is 8.68. The molecule has 0 aliphatic carbocycles. The van der Waals surface area contributed by atoms with Crippen LogP contribution in [0.3, 0.4) is 0 Å². The molecule has 1 rings (SSSR count). The Kier molecular flexibility index (Phi) is 3.43. The van der Waals surface area contributed by atoms with E-state index in [9.17, 15) is 0 Å². The largest absolute Gasteiger partial charge is 0.0955 e. The van der Waals surface area contributed by atoms with Crippen LogP contribution in [0, 0.1) is 0 Å². The van der Waals surface area contributed by atoms with Crippen molar-refractivity contribution in [1.82, 2.24) is 0 Å². The van der Waals surface area contributed by atoms with E-state index in [1.54, 1.807) is 11.8 Å². The van der Waals surface area contributed by atoms with Gasteiger partial charge in [0.2, 0.25) is 0 Å². The second kappa shape index (κ2) is 4.22. The Labute approximate surface area is 91.4 Å². The summed E-state index contributed by atoms with van der Waals surface area (Å²) < 4.78 is 0. The molecule has 0 aromatic heterocycles. The third kappa shape index (κ3) is 3.22. The van der Waals surface area contributed by atoms with E-state index in [1.807, 2.05) is 6.92 Å². The van der Waals surface area contributed by atoms with E-state index in [2.05, 4.69) is 51.6 Å². The summed E-state index contributed by atoms with van der Waals surface area (Å²) in [5, 5.41) is 0. The van der Waals surface area contributed by atoms with Gasteiger partial charge in [-0.05, 0) is 34.9 Å². The molecule has 0 nitrogen and oxygen atoms in total. The van der Waals surface area contributed by atoms with E-state index < -0.39 is 0 Å². The van der Waals surface area contributed by atoms with Crippen molar-refractivity contribution >= 4 is 11.8 Å². The van der Waals surface area contributed by atoms with Gasteiger partial charge in [-0.15, -0.1) is 0 Å². The van der Waals surface area contributed by atoms with E-state index in [0.717, 1.165) is 4.91 Å². The molecule has 0 saturated heterocycles. The van der Waals surface area contributed by atoms with Gasteiger partial charge < -0.3 is 0 Å². The fraction of sp³-hybridized carbons (Fsp3) is 0.385. The fourth-order valence-corrected chi connectivity index (χ4v) is 1.96. The number of thioether (sulfide) groups is 1. The Hall–Kier alpha value is -0.690. The lowest BCUT2D eigenvalue weighted by atomic mass is 9.87. The van der Waals surface area contributed by atoms with Crippen LogP contribution in [0.15, 0.2) is 40.6 Å². The van der Waals surface area contributed by atoms with Crippen molar-refractivity contribution in [1.29, 1.82) is 0 Å². The molecule has 0 radical (unpaired) electrons. The van der Waals surface area contributed by atoms with Gasteiger partial charge in [0.05, 0.1) is 0 Å². The quantitative estimate of drug-likeness (QED) is 0.637. The first-order valence-electron chi connectivity index (χ1n) is 4.83. The lowest BCUT2D eigenvalue weighted by Gasteiger charge is -2.19. The summed E-state index contributed by atoms with van der Waals surface area (Å²) in [5.41, 5.74) is 1.61. The third-order valence-corrected chi connectivity index (χ3v) is 2.83. The highest BCUT2D eigenvalue weighted by Gasteiger charge is 2.13. The molecule has 0 amide bonds. The van der Waals surface area contributed by atoms with Gasteiger partial charge in [-0.25, -0.2) is 0 Å². The Morgan fingerprint density at radius 2 is 1.93 bits per heavy atom. The lowest BCUT2D eigenvalue weighted by Crippen LogP contribution is -2.10. The first-order chi connectivity index (χ1) is 6.39. The highest BCUT2D eigenvalue weighted by Crippen LogP contribution is 2.29. The van der Waals surface area contributed by atoms with E-state index in [0.29, 0.717) is 0 Å². The van der Waals surface area contributed by atoms with Crippen LogP contribution in [0.5, 0.6) is 0 Å². The van der Waals surface area contributed by atoms with E-state index >= 15 is 0 Å². The summed E-state index contributed by atoms with van der Waals surface area (Å²) in [6.45, 7) is 12.6. The summed E-state index contributed by atoms with van der Waals surface area (Å²) in [4.78, 5) is 2.42. The van der Waals surface area contributed by atoms with Crippen molar-refractivity contribution in [2.75, 3.05) is 0 Å². The van der Waals surface area contributed by atoms with Crippen molar-refractivity contribution in [3.8, 4) is 0 Å². The van der Waals surface area contributed by atoms with Gasteiger partial charge >= 0.3 is 0 Å². The average molecular weight is 206 g/mol. The first kappa shape index (κ1) is 11.4. The molecule has 1 aromatic rings. The fourth-order valence-electron chi connectivity index (χ4n) is 1.23. The summed E-state index contributed by atoms with van der Waals surface area (Å²) in [5.74, 6) is 0. The number of rotatable bonds is 2. The van der Waals surface area contributed by atoms with E-state index in [4.69, 9.17) is 0 Å². The van der Waals surface area contributed by atoms with Crippen LogP contribution in [-0.4, -0.2) is 0 Å². The molecule has 0 atom stereocenters. The van der Waals surface area contributed by atoms with Crippen LogP contribution in [0.2, 0.25) is 0 Å². The molecule has 0 aliphatic heterocycles. The predicted molar refractivity (Wildman–Crippen MR) is 65.8 cm³/mol. The summed E-state index contributed by atoms with van der Waals surface area (Å²) in [6.07, 6.45) is 0. The molecular weight excluding hydrogens is 188 g/mol. The molecule has 14 heavy (non-hydrogen) atoms. The average Bonchev–Trinajstić information content (AvgIpc) is 2.01. The van der Waals surface area contributed by atoms with Crippen molar-refractivity contribution in [3.63, 3.8) is 0 Å². The predicted octanol–water partition coefficient (Wildman–Crippen LogP) is 4.61. The van der Waals surface area contributed by atoms with E-state index in [1.165, 1.54) is 10.5 Å². The lowest BCUT2D eigenvalue weighted by molar-refractivity contribution is 0.588. The molecule has 0 fully saturated rings. The van der Waals surface area contributed by atoms with Crippen molar-refractivity contribution in [2.45, 2.75) is 38.0 Å². The molecule has 1 heteroatoms. The Morgan fingerprint density at radius 3 is 2.43 bits per heavy atom. The molecule has 1 aromatic carbocycles. The van der Waals surface area contributed by atoms with Gasteiger partial charge in [-0.3, -0.25) is 0 Å². The van der Waals surface area contributed by atoms with Crippen LogP contribution in [0.4, 0.5) is 0 Å². The Bertz CT molecular complexity index is 331. The van der Waals surface area contributed by atoms with Gasteiger partial charge in [-0.1, -0.05) is 51.2 Å². The molecule has 0 spiro atoms. The van der Waals surface area contributed by atoms with E-state index in [-0.39, 0.29) is 5.41 Å². The maximum Gasteiger partial charge on any atom is 0.0121 e. The molecule has 0 unspecified atom stereocenters. The second-order valence-corrected chi connectivity index (χ2v) is 5.95. The molecule has 76 valence electrons. The highest BCUT2D eigenvalue weighted by atomic mass is 32.2. The van der Waals surface area contributed by atoms with Crippen LogP contribution < -0.4 is 0 Å². The molecule has 0 bridgehead atoms. The Morgan fingerprint density at radius 1 is 1.29 bits per heavy atom.